The second-order valence-electron chi connectivity index (χ2n) is 18.4. The predicted octanol–water partition coefficient (Wildman–Crippen LogP) is 11.2. The summed E-state index contributed by atoms with van der Waals surface area (Å²) in [6, 6.07) is 0. The number of allylic oxidation sites excluding steroid dienone is 4. The zero-order valence-electron chi connectivity index (χ0n) is 40.8. The van der Waals surface area contributed by atoms with Crippen LogP contribution in [0.15, 0.2) is 24.3 Å². The summed E-state index contributed by atoms with van der Waals surface area (Å²) >= 11 is 0. The molecule has 0 spiro atoms. The highest BCUT2D eigenvalue weighted by Gasteiger charge is 2.51. The van der Waals surface area contributed by atoms with Crippen LogP contribution in [-0.4, -0.2) is 98.3 Å². The van der Waals surface area contributed by atoms with Crippen LogP contribution in [0.4, 0.5) is 0 Å². The Morgan fingerprint density at radius 2 is 0.815 bits per heavy atom. The average Bonchev–Trinajstić information content (AvgIpc) is 3.29. The summed E-state index contributed by atoms with van der Waals surface area (Å²) < 4.78 is 33.6. The minimum Gasteiger partial charge on any atom is -0.462 e. The van der Waals surface area contributed by atoms with Crippen molar-refractivity contribution >= 4 is 19.8 Å². The van der Waals surface area contributed by atoms with Crippen LogP contribution in [0.25, 0.3) is 0 Å². The van der Waals surface area contributed by atoms with Crippen molar-refractivity contribution in [2.45, 2.75) is 275 Å². The van der Waals surface area contributed by atoms with E-state index in [1.165, 1.54) is 135 Å². The minimum atomic E-state index is -5.12. The topological polar surface area (TPSA) is 210 Å². The van der Waals surface area contributed by atoms with Crippen LogP contribution < -0.4 is 0 Å². The lowest BCUT2D eigenvalue weighted by Crippen LogP contribution is -2.64. The lowest BCUT2D eigenvalue weighted by Gasteiger charge is -2.41. The fourth-order valence-corrected chi connectivity index (χ4v) is 9.08. The van der Waals surface area contributed by atoms with Gasteiger partial charge in [0.05, 0.1) is 6.61 Å². The van der Waals surface area contributed by atoms with Gasteiger partial charge >= 0.3 is 19.8 Å². The molecular weight excluding hydrogens is 852 g/mol. The largest absolute Gasteiger partial charge is 0.472 e. The van der Waals surface area contributed by atoms with Crippen LogP contribution >= 0.6 is 7.82 Å². The quantitative estimate of drug-likeness (QED) is 0.0146. The van der Waals surface area contributed by atoms with Crippen LogP contribution in [0.3, 0.4) is 0 Å². The Bertz CT molecular complexity index is 1230. The van der Waals surface area contributed by atoms with Crippen LogP contribution in [-0.2, 0) is 32.7 Å². The van der Waals surface area contributed by atoms with E-state index in [0.717, 1.165) is 57.8 Å². The first-order valence-corrected chi connectivity index (χ1v) is 27.7. The molecule has 382 valence electrons. The molecule has 0 bridgehead atoms. The summed E-state index contributed by atoms with van der Waals surface area (Å²) in [5.74, 6) is -1.11. The fourth-order valence-electron chi connectivity index (χ4n) is 8.10. The molecule has 6 unspecified atom stereocenters. The number of ether oxygens (including phenoxy) is 2. The Morgan fingerprint density at radius 3 is 1.23 bits per heavy atom. The summed E-state index contributed by atoms with van der Waals surface area (Å²) in [6.07, 6.45) is 33.7. The zero-order chi connectivity index (χ0) is 47.8. The van der Waals surface area contributed by atoms with Crippen LogP contribution in [0.1, 0.15) is 232 Å². The van der Waals surface area contributed by atoms with Crippen molar-refractivity contribution in [2.75, 3.05) is 13.2 Å². The van der Waals surface area contributed by atoms with E-state index in [9.17, 15) is 44.6 Å². The van der Waals surface area contributed by atoms with Gasteiger partial charge < -0.3 is 39.9 Å². The predicted molar refractivity (Wildman–Crippen MR) is 258 cm³/mol. The number of phosphoric ester groups is 1. The van der Waals surface area contributed by atoms with Gasteiger partial charge in [-0.15, -0.1) is 0 Å². The maximum atomic E-state index is 12.8. The monoisotopic (exact) mass is 947 g/mol. The molecule has 0 amide bonds. The molecule has 14 heteroatoms. The molecule has 1 aliphatic carbocycles. The number of carbonyl (C=O) groups is 2. The Hall–Kier alpha value is -1.67. The Kier molecular flexibility index (Phi) is 39.0. The van der Waals surface area contributed by atoms with E-state index in [-0.39, 0.29) is 12.8 Å². The van der Waals surface area contributed by atoms with Crippen molar-refractivity contribution in [1.29, 1.82) is 0 Å². The molecule has 1 fully saturated rings. The Morgan fingerprint density at radius 1 is 0.477 bits per heavy atom. The molecule has 0 aromatic heterocycles. The summed E-state index contributed by atoms with van der Waals surface area (Å²) in [5.41, 5.74) is 0. The van der Waals surface area contributed by atoms with E-state index < -0.39 is 75.7 Å². The van der Waals surface area contributed by atoms with Crippen molar-refractivity contribution < 1.29 is 63.1 Å². The first-order chi connectivity index (χ1) is 31.4. The number of rotatable bonds is 44. The highest BCUT2D eigenvalue weighted by atomic mass is 31.2. The zero-order valence-corrected chi connectivity index (χ0v) is 41.7. The van der Waals surface area contributed by atoms with E-state index in [2.05, 4.69) is 38.2 Å². The normalized spacial score (nSPS) is 21.5. The average molecular weight is 947 g/mol. The smallest absolute Gasteiger partial charge is 0.462 e. The summed E-state index contributed by atoms with van der Waals surface area (Å²) in [5, 5.41) is 50.3. The first-order valence-electron chi connectivity index (χ1n) is 26.2. The van der Waals surface area contributed by atoms with Gasteiger partial charge in [0.15, 0.2) is 6.10 Å². The SMILES string of the molecule is CCCCCC/C=C/C=C/CCCCCCCC(=O)OC[C@H](COP(=O)(O)OC1C(O)C(O)C(O)[C@@H](O)C1O)OC(=O)CCCCCCCCCCCCCCCCCCCCCCC. The number of esters is 2. The lowest BCUT2D eigenvalue weighted by molar-refractivity contribution is -0.220. The number of carbonyl (C=O) groups excluding carboxylic acids is 2. The van der Waals surface area contributed by atoms with Gasteiger partial charge in [-0.2, -0.15) is 0 Å². The number of hydrogen-bond donors (Lipinski definition) is 6. The standard InChI is InChI=1S/C51H95O13P/c1-3-5-7-9-11-13-15-17-19-20-21-22-23-24-26-28-30-32-34-36-38-40-45(53)63-43(42-62-65(59,60)64-51-49(57)47(55)46(54)48(56)50(51)58)41-61-44(52)39-37-35-33-31-29-27-25-18-16-14-12-10-8-6-4-2/h14,16,18,25,43,46-51,54-58H,3-13,15,17,19-24,26-42H2,1-2H3,(H,59,60)/b16-14+,25-18+/t43-,46?,47-,48?,49?,50?,51?/m1/s1. The van der Waals surface area contributed by atoms with Crippen molar-refractivity contribution in [1.82, 2.24) is 0 Å². The molecule has 6 N–H and O–H groups in total. The van der Waals surface area contributed by atoms with Gasteiger partial charge in [0.25, 0.3) is 0 Å². The Balaban J connectivity index is 2.38. The van der Waals surface area contributed by atoms with Gasteiger partial charge in [0, 0.05) is 12.8 Å². The van der Waals surface area contributed by atoms with Crippen molar-refractivity contribution in [3.05, 3.63) is 24.3 Å². The van der Waals surface area contributed by atoms with Crippen LogP contribution in [0.2, 0.25) is 0 Å². The van der Waals surface area contributed by atoms with Crippen LogP contribution in [0, 0.1) is 0 Å². The molecule has 0 aromatic rings. The number of hydrogen-bond acceptors (Lipinski definition) is 12. The van der Waals surface area contributed by atoms with Gasteiger partial charge in [0.1, 0.15) is 43.2 Å². The second-order valence-corrected chi connectivity index (χ2v) is 19.8. The molecule has 8 atom stereocenters. The summed E-state index contributed by atoms with van der Waals surface area (Å²) in [6.45, 7) is 3.30. The molecule has 0 aromatic carbocycles. The highest BCUT2D eigenvalue weighted by Crippen LogP contribution is 2.47. The van der Waals surface area contributed by atoms with E-state index in [1.54, 1.807) is 0 Å². The molecule has 65 heavy (non-hydrogen) atoms. The van der Waals surface area contributed by atoms with Gasteiger partial charge in [0.2, 0.25) is 0 Å². The number of aliphatic hydroxyl groups is 5. The van der Waals surface area contributed by atoms with Gasteiger partial charge in [-0.1, -0.05) is 205 Å². The number of unbranched alkanes of at least 4 members (excludes halogenated alkanes) is 29. The van der Waals surface area contributed by atoms with E-state index in [4.69, 9.17) is 18.5 Å². The molecular formula is C51H95O13P. The van der Waals surface area contributed by atoms with Crippen LogP contribution in [0.5, 0.6) is 0 Å². The third-order valence-corrected chi connectivity index (χ3v) is 13.3. The Labute approximate surface area is 394 Å². The van der Waals surface area contributed by atoms with E-state index >= 15 is 0 Å². The van der Waals surface area contributed by atoms with Crippen molar-refractivity contribution in [3.63, 3.8) is 0 Å². The maximum absolute atomic E-state index is 12.8. The molecule has 1 rings (SSSR count). The third kappa shape index (κ3) is 33.5. The van der Waals surface area contributed by atoms with Crippen molar-refractivity contribution in [3.8, 4) is 0 Å². The van der Waals surface area contributed by atoms with E-state index in [1.807, 2.05) is 0 Å². The molecule has 0 saturated heterocycles. The molecule has 0 aliphatic heterocycles. The van der Waals surface area contributed by atoms with E-state index in [0.29, 0.717) is 12.8 Å². The molecule has 0 radical (unpaired) electrons. The molecule has 1 aliphatic rings. The summed E-state index contributed by atoms with van der Waals surface area (Å²) in [4.78, 5) is 35.8. The third-order valence-electron chi connectivity index (χ3n) is 12.3. The maximum Gasteiger partial charge on any atom is 0.472 e. The minimum absolute atomic E-state index is 0.0982. The second kappa shape index (κ2) is 41.3. The summed E-state index contributed by atoms with van der Waals surface area (Å²) in [7, 11) is -5.12. The fraction of sp³-hybridized carbons (Fsp3) is 0.882. The lowest BCUT2D eigenvalue weighted by atomic mass is 9.85. The number of aliphatic hydroxyl groups excluding tert-OH is 5. The van der Waals surface area contributed by atoms with Gasteiger partial charge in [-0.05, 0) is 38.5 Å². The van der Waals surface area contributed by atoms with Gasteiger partial charge in [-0.25, -0.2) is 4.57 Å². The number of phosphoric acid groups is 1. The first kappa shape index (κ1) is 61.3. The van der Waals surface area contributed by atoms with Crippen molar-refractivity contribution in [2.24, 2.45) is 0 Å². The highest BCUT2D eigenvalue weighted by molar-refractivity contribution is 7.47. The molecule has 0 heterocycles. The molecule has 1 saturated carbocycles. The molecule has 13 nitrogen and oxygen atoms in total. The van der Waals surface area contributed by atoms with Gasteiger partial charge in [-0.3, -0.25) is 18.6 Å².